The van der Waals surface area contributed by atoms with Crippen LogP contribution in [0.4, 0.5) is 4.79 Å². The summed E-state index contributed by atoms with van der Waals surface area (Å²) in [6, 6.07) is 0. The van der Waals surface area contributed by atoms with Crippen molar-refractivity contribution in [1.82, 2.24) is 4.90 Å². The Morgan fingerprint density at radius 1 is 1.40 bits per heavy atom. The number of nitrogens with zero attached hydrogens (tertiary/aromatic N) is 1. The number of amides is 1. The highest BCUT2D eigenvalue weighted by Gasteiger charge is 2.50. The highest BCUT2D eigenvalue weighted by atomic mass is 16.6. The maximum Gasteiger partial charge on any atom is 0.410 e. The van der Waals surface area contributed by atoms with Gasteiger partial charge < -0.3 is 25.2 Å². The van der Waals surface area contributed by atoms with E-state index in [1.165, 1.54) is 0 Å². The monoisotopic (exact) mass is 286 g/mol. The van der Waals surface area contributed by atoms with Gasteiger partial charge in [-0.15, -0.1) is 0 Å². The van der Waals surface area contributed by atoms with Crippen LogP contribution in [0.15, 0.2) is 0 Å². The Labute approximate surface area is 120 Å². The molecule has 2 aliphatic heterocycles. The van der Waals surface area contributed by atoms with Crippen molar-refractivity contribution in [2.75, 3.05) is 32.9 Å². The van der Waals surface area contributed by atoms with Crippen molar-refractivity contribution in [3.8, 4) is 0 Å². The second-order valence-electron chi connectivity index (χ2n) is 6.90. The quantitative estimate of drug-likeness (QED) is 0.775. The van der Waals surface area contributed by atoms with Gasteiger partial charge in [-0.25, -0.2) is 4.79 Å². The molecule has 0 aliphatic carbocycles. The largest absolute Gasteiger partial charge is 0.444 e. The Morgan fingerprint density at radius 2 is 1.95 bits per heavy atom. The first-order chi connectivity index (χ1) is 9.26. The van der Waals surface area contributed by atoms with Crippen molar-refractivity contribution in [3.63, 3.8) is 0 Å². The SMILES string of the molecule is CC(C)(C)OC(=O)N1CC2COCC(C1)C2(N)CCO. The molecule has 2 saturated heterocycles. The van der Waals surface area contributed by atoms with Crippen LogP contribution in [0, 0.1) is 11.8 Å². The third kappa shape index (κ3) is 3.07. The van der Waals surface area contributed by atoms with Gasteiger partial charge in [-0.2, -0.15) is 0 Å². The van der Waals surface area contributed by atoms with Gasteiger partial charge in [0.1, 0.15) is 5.60 Å². The van der Waals surface area contributed by atoms with Crippen molar-refractivity contribution in [3.05, 3.63) is 0 Å². The summed E-state index contributed by atoms with van der Waals surface area (Å²) in [6.07, 6.45) is 0.258. The van der Waals surface area contributed by atoms with Crippen LogP contribution in [0.1, 0.15) is 27.2 Å². The number of aliphatic hydroxyl groups is 1. The molecule has 2 bridgehead atoms. The molecule has 0 radical (unpaired) electrons. The maximum absolute atomic E-state index is 12.2. The summed E-state index contributed by atoms with van der Waals surface area (Å²) in [4.78, 5) is 13.9. The summed E-state index contributed by atoms with van der Waals surface area (Å²) in [5.74, 6) is 0.101. The fourth-order valence-corrected chi connectivity index (χ4v) is 3.13. The van der Waals surface area contributed by atoms with E-state index in [4.69, 9.17) is 15.2 Å². The molecular formula is C14H26N2O4. The van der Waals surface area contributed by atoms with Gasteiger partial charge in [-0.1, -0.05) is 0 Å². The lowest BCUT2D eigenvalue weighted by molar-refractivity contribution is -0.102. The molecule has 20 heavy (non-hydrogen) atoms. The van der Waals surface area contributed by atoms with Crippen LogP contribution in [-0.4, -0.2) is 60.1 Å². The fourth-order valence-electron chi connectivity index (χ4n) is 3.13. The number of fused-ring (bicyclic) bond motifs is 2. The highest BCUT2D eigenvalue weighted by molar-refractivity contribution is 5.68. The van der Waals surface area contributed by atoms with Gasteiger partial charge in [0.25, 0.3) is 0 Å². The summed E-state index contributed by atoms with van der Waals surface area (Å²) in [5, 5.41) is 9.24. The minimum absolute atomic E-state index is 0.0506. The van der Waals surface area contributed by atoms with Crippen LogP contribution >= 0.6 is 0 Å². The van der Waals surface area contributed by atoms with Crippen LogP contribution in [0.5, 0.6) is 0 Å². The predicted octanol–water partition coefficient (Wildman–Crippen LogP) is 0.580. The summed E-state index contributed by atoms with van der Waals surface area (Å²) < 4.78 is 11.0. The van der Waals surface area contributed by atoms with Gasteiger partial charge in [-0.3, -0.25) is 0 Å². The molecule has 2 rings (SSSR count). The standard InChI is InChI=1S/C14H26N2O4/c1-13(2,3)20-12(18)16-6-10-8-19-9-11(7-16)14(10,15)4-5-17/h10-11,17H,4-9,15H2,1-3H3. The number of carbonyl (C=O) groups excluding carboxylic acids is 1. The Balaban J connectivity index is 2.07. The van der Waals surface area contributed by atoms with Gasteiger partial charge in [0.2, 0.25) is 0 Å². The molecule has 0 saturated carbocycles. The zero-order valence-electron chi connectivity index (χ0n) is 12.6. The van der Waals surface area contributed by atoms with Crippen LogP contribution in [0.2, 0.25) is 0 Å². The number of hydrogen-bond donors (Lipinski definition) is 2. The van der Waals surface area contributed by atoms with Gasteiger partial charge in [0.05, 0.1) is 13.2 Å². The molecule has 2 heterocycles. The first-order valence-electron chi connectivity index (χ1n) is 7.21. The molecule has 2 unspecified atom stereocenters. The Kier molecular flexibility index (Phi) is 4.27. The van der Waals surface area contributed by atoms with Crippen LogP contribution < -0.4 is 5.73 Å². The molecule has 2 atom stereocenters. The predicted molar refractivity (Wildman–Crippen MR) is 74.2 cm³/mol. The number of rotatable bonds is 2. The number of piperidine rings is 1. The van der Waals surface area contributed by atoms with Gasteiger partial charge in [-0.05, 0) is 27.2 Å². The second-order valence-corrected chi connectivity index (χ2v) is 6.90. The molecule has 116 valence electrons. The van der Waals surface area contributed by atoms with Crippen molar-refractivity contribution in [2.24, 2.45) is 17.6 Å². The molecule has 0 aromatic rings. The average Bonchev–Trinajstić information content (AvgIpc) is 2.25. The fraction of sp³-hybridized carbons (Fsp3) is 0.929. The maximum atomic E-state index is 12.2. The number of ether oxygens (including phenoxy) is 2. The number of likely N-dealkylation sites (tertiary alicyclic amines) is 1. The molecule has 1 amide bonds. The van der Waals surface area contributed by atoms with Gasteiger partial charge >= 0.3 is 6.09 Å². The molecule has 0 spiro atoms. The van der Waals surface area contributed by atoms with Gasteiger partial charge in [0, 0.05) is 37.1 Å². The molecule has 0 aromatic heterocycles. The number of nitrogens with two attached hydrogens (primary N) is 1. The molecule has 2 aliphatic rings. The molecule has 6 heteroatoms. The number of aliphatic hydroxyl groups excluding tert-OH is 1. The lowest BCUT2D eigenvalue weighted by Gasteiger charge is -2.53. The van der Waals surface area contributed by atoms with E-state index in [1.54, 1.807) is 4.90 Å². The Morgan fingerprint density at radius 3 is 2.40 bits per heavy atom. The smallest absolute Gasteiger partial charge is 0.410 e. The molecule has 3 N–H and O–H groups in total. The van der Waals surface area contributed by atoms with Crippen molar-refractivity contribution < 1.29 is 19.4 Å². The van der Waals surface area contributed by atoms with E-state index in [2.05, 4.69) is 0 Å². The van der Waals surface area contributed by atoms with E-state index in [9.17, 15) is 9.90 Å². The van der Waals surface area contributed by atoms with Crippen molar-refractivity contribution >= 4 is 6.09 Å². The minimum Gasteiger partial charge on any atom is -0.444 e. The lowest BCUT2D eigenvalue weighted by atomic mass is 9.68. The molecule has 2 fully saturated rings. The van der Waals surface area contributed by atoms with Crippen LogP contribution in [0.3, 0.4) is 0 Å². The Bertz CT molecular complexity index is 353. The molecular weight excluding hydrogens is 260 g/mol. The van der Waals surface area contributed by atoms with E-state index >= 15 is 0 Å². The first kappa shape index (κ1) is 15.5. The summed E-state index contributed by atoms with van der Waals surface area (Å²) in [6.45, 7) is 7.77. The third-order valence-corrected chi connectivity index (χ3v) is 4.24. The second kappa shape index (κ2) is 5.50. The van der Waals surface area contributed by atoms with Crippen molar-refractivity contribution in [1.29, 1.82) is 0 Å². The highest BCUT2D eigenvalue weighted by Crippen LogP contribution is 2.37. The van der Waals surface area contributed by atoms with E-state index in [0.717, 1.165) is 0 Å². The number of carbonyl (C=O) groups is 1. The Hall–Kier alpha value is -0.850. The van der Waals surface area contributed by atoms with Crippen LogP contribution in [-0.2, 0) is 9.47 Å². The summed E-state index contributed by atoms with van der Waals surface area (Å²) >= 11 is 0. The summed E-state index contributed by atoms with van der Waals surface area (Å²) in [7, 11) is 0. The third-order valence-electron chi connectivity index (χ3n) is 4.24. The minimum atomic E-state index is -0.495. The van der Waals surface area contributed by atoms with E-state index in [1.807, 2.05) is 20.8 Å². The normalized spacial score (nSPS) is 34.0. The zero-order valence-corrected chi connectivity index (χ0v) is 12.6. The lowest BCUT2D eigenvalue weighted by Crippen LogP contribution is -2.69. The van der Waals surface area contributed by atoms with E-state index in [-0.39, 0.29) is 24.5 Å². The molecule has 6 nitrogen and oxygen atoms in total. The molecule has 0 aromatic carbocycles. The summed E-state index contributed by atoms with van der Waals surface area (Å²) in [5.41, 5.74) is 5.56. The number of hydrogen-bond acceptors (Lipinski definition) is 5. The first-order valence-corrected chi connectivity index (χ1v) is 7.21. The van der Waals surface area contributed by atoms with E-state index in [0.29, 0.717) is 32.7 Å². The average molecular weight is 286 g/mol. The van der Waals surface area contributed by atoms with Crippen LogP contribution in [0.25, 0.3) is 0 Å². The topological polar surface area (TPSA) is 85.0 Å². The van der Waals surface area contributed by atoms with Gasteiger partial charge in [0.15, 0.2) is 0 Å². The zero-order chi connectivity index (χ0) is 15.0. The van der Waals surface area contributed by atoms with E-state index < -0.39 is 11.1 Å². The van der Waals surface area contributed by atoms with Crippen molar-refractivity contribution in [2.45, 2.75) is 38.3 Å².